The molecule has 1 fully saturated rings. The molecule has 172 valence electrons. The fourth-order valence-corrected chi connectivity index (χ4v) is 5.80. The first-order valence-corrected chi connectivity index (χ1v) is 12.3. The number of nitrogens with one attached hydrogen (secondary N) is 2. The fraction of sp³-hybridized carbons (Fsp3) is 0.435. The van der Waals surface area contributed by atoms with E-state index < -0.39 is 10.0 Å². The Kier molecular flexibility index (Phi) is 6.98. The number of carbonyl (C=O) groups is 1. The summed E-state index contributed by atoms with van der Waals surface area (Å²) in [5.74, 6) is -0.0122. The van der Waals surface area contributed by atoms with Crippen molar-refractivity contribution in [1.82, 2.24) is 4.31 Å². The average Bonchev–Trinajstić information content (AvgIpc) is 2.83. The largest absolute Gasteiger partial charge is 0.495 e. The van der Waals surface area contributed by atoms with Crippen LogP contribution in [0.5, 0.6) is 5.75 Å². The number of aryl methyl sites for hydroxylation is 1. The molecule has 0 atom stereocenters. The van der Waals surface area contributed by atoms with Gasteiger partial charge in [0, 0.05) is 24.5 Å². The number of benzene rings is 2. The molecule has 0 spiro atoms. The van der Waals surface area contributed by atoms with Gasteiger partial charge in [-0.25, -0.2) is 8.42 Å². The number of hydrogen-bond acceptors (Lipinski definition) is 6. The van der Waals surface area contributed by atoms with Gasteiger partial charge in [0.15, 0.2) is 0 Å². The third kappa shape index (κ3) is 4.90. The first-order chi connectivity index (χ1) is 15.5. The lowest BCUT2D eigenvalue weighted by atomic mass is 9.90. The number of ether oxygens (including phenoxy) is 2. The van der Waals surface area contributed by atoms with Crippen LogP contribution in [0.1, 0.15) is 24.0 Å². The van der Waals surface area contributed by atoms with Gasteiger partial charge < -0.3 is 20.1 Å². The number of nitrogens with zero attached hydrogens (tertiary/aromatic N) is 1. The average molecular weight is 460 g/mol. The SMILES string of the molecule is COc1ccc(NC(=O)CNc2cccc3c2CCCC3)cc1S(=O)(=O)N1CCOCC1. The predicted molar refractivity (Wildman–Crippen MR) is 123 cm³/mol. The molecule has 1 aliphatic heterocycles. The molecule has 2 aromatic rings. The minimum Gasteiger partial charge on any atom is -0.495 e. The first-order valence-electron chi connectivity index (χ1n) is 10.9. The topological polar surface area (TPSA) is 97.0 Å². The van der Waals surface area contributed by atoms with Crippen molar-refractivity contribution in [2.75, 3.05) is 50.6 Å². The van der Waals surface area contributed by atoms with E-state index >= 15 is 0 Å². The molecule has 1 amide bonds. The highest BCUT2D eigenvalue weighted by atomic mass is 32.2. The molecule has 0 saturated carbocycles. The van der Waals surface area contributed by atoms with Crippen LogP contribution in [0.3, 0.4) is 0 Å². The summed E-state index contributed by atoms with van der Waals surface area (Å²) in [6.45, 7) is 1.37. The zero-order valence-electron chi connectivity index (χ0n) is 18.2. The zero-order chi connectivity index (χ0) is 22.6. The fourth-order valence-electron chi connectivity index (χ4n) is 4.21. The van der Waals surface area contributed by atoms with E-state index in [-0.39, 0.29) is 36.2 Å². The second-order valence-corrected chi connectivity index (χ2v) is 9.84. The smallest absolute Gasteiger partial charge is 0.246 e. The maximum Gasteiger partial charge on any atom is 0.246 e. The van der Waals surface area contributed by atoms with Crippen molar-refractivity contribution in [3.05, 3.63) is 47.5 Å². The van der Waals surface area contributed by atoms with Crippen LogP contribution in [-0.2, 0) is 32.4 Å². The Morgan fingerprint density at radius 2 is 1.91 bits per heavy atom. The molecular formula is C23H29N3O5S. The second-order valence-electron chi connectivity index (χ2n) is 7.93. The van der Waals surface area contributed by atoms with Crippen LogP contribution in [-0.4, -0.2) is 58.6 Å². The van der Waals surface area contributed by atoms with Crippen molar-refractivity contribution in [3.8, 4) is 5.75 Å². The Bertz CT molecular complexity index is 1080. The second kappa shape index (κ2) is 9.89. The standard InChI is InChI=1S/C23H29N3O5S/c1-30-21-10-9-18(15-22(21)32(28,29)26-11-13-31-14-12-26)25-23(27)16-24-20-8-4-6-17-5-2-3-7-19(17)20/h4,6,8-10,15,24H,2-3,5,7,11-14,16H2,1H3,(H,25,27). The third-order valence-electron chi connectivity index (χ3n) is 5.87. The van der Waals surface area contributed by atoms with E-state index in [1.165, 1.54) is 35.0 Å². The lowest BCUT2D eigenvalue weighted by molar-refractivity contribution is -0.114. The number of morpholine rings is 1. The third-order valence-corrected chi connectivity index (χ3v) is 7.79. The molecule has 1 aliphatic carbocycles. The van der Waals surface area contributed by atoms with Crippen LogP contribution in [0.15, 0.2) is 41.3 Å². The monoisotopic (exact) mass is 459 g/mol. The number of carbonyl (C=O) groups excluding carboxylic acids is 1. The summed E-state index contributed by atoms with van der Waals surface area (Å²) in [4.78, 5) is 12.6. The van der Waals surface area contributed by atoms with Crippen LogP contribution < -0.4 is 15.4 Å². The zero-order valence-corrected chi connectivity index (χ0v) is 19.0. The molecule has 8 nitrogen and oxygen atoms in total. The summed E-state index contributed by atoms with van der Waals surface area (Å²) in [7, 11) is -2.34. The summed E-state index contributed by atoms with van der Waals surface area (Å²) in [6, 6.07) is 10.8. The molecule has 32 heavy (non-hydrogen) atoms. The highest BCUT2D eigenvalue weighted by Crippen LogP contribution is 2.30. The molecule has 4 rings (SSSR count). The molecule has 2 N–H and O–H groups in total. The van der Waals surface area contributed by atoms with E-state index in [9.17, 15) is 13.2 Å². The summed E-state index contributed by atoms with van der Waals surface area (Å²) < 4.78 is 38.1. The van der Waals surface area contributed by atoms with E-state index in [4.69, 9.17) is 9.47 Å². The van der Waals surface area contributed by atoms with Gasteiger partial charge in [0.25, 0.3) is 0 Å². The minimum atomic E-state index is -3.77. The molecule has 2 aromatic carbocycles. The highest BCUT2D eigenvalue weighted by molar-refractivity contribution is 7.89. The van der Waals surface area contributed by atoms with Crippen molar-refractivity contribution in [2.45, 2.75) is 30.6 Å². The van der Waals surface area contributed by atoms with Crippen LogP contribution >= 0.6 is 0 Å². The van der Waals surface area contributed by atoms with Crippen LogP contribution in [0.2, 0.25) is 0 Å². The summed E-state index contributed by atoms with van der Waals surface area (Å²) in [5.41, 5.74) is 4.02. The Balaban J connectivity index is 1.46. The molecular weight excluding hydrogens is 430 g/mol. The molecule has 0 radical (unpaired) electrons. The number of amides is 1. The van der Waals surface area contributed by atoms with E-state index in [0.29, 0.717) is 18.9 Å². The molecule has 9 heteroatoms. The van der Waals surface area contributed by atoms with Crippen LogP contribution in [0.4, 0.5) is 11.4 Å². The van der Waals surface area contributed by atoms with Crippen molar-refractivity contribution >= 4 is 27.3 Å². The Morgan fingerprint density at radius 3 is 2.69 bits per heavy atom. The number of hydrogen-bond donors (Lipinski definition) is 2. The van der Waals surface area contributed by atoms with Crippen molar-refractivity contribution in [3.63, 3.8) is 0 Å². The van der Waals surface area contributed by atoms with Crippen molar-refractivity contribution in [1.29, 1.82) is 0 Å². The maximum absolute atomic E-state index is 13.1. The van der Waals surface area contributed by atoms with Crippen molar-refractivity contribution in [2.24, 2.45) is 0 Å². The van der Waals surface area contributed by atoms with Gasteiger partial charge in [0.2, 0.25) is 15.9 Å². The molecule has 0 unspecified atom stereocenters. The number of sulfonamides is 1. The predicted octanol–water partition coefficient (Wildman–Crippen LogP) is 2.65. The van der Waals surface area contributed by atoms with Gasteiger partial charge in [-0.2, -0.15) is 4.31 Å². The lowest BCUT2D eigenvalue weighted by Crippen LogP contribution is -2.40. The van der Waals surface area contributed by atoms with Crippen LogP contribution in [0, 0.1) is 0 Å². The Hall–Kier alpha value is -2.62. The van der Waals surface area contributed by atoms with Gasteiger partial charge >= 0.3 is 0 Å². The molecule has 1 heterocycles. The van der Waals surface area contributed by atoms with E-state index in [1.807, 2.05) is 12.1 Å². The Labute approximate surface area is 189 Å². The molecule has 1 saturated heterocycles. The normalized spacial score (nSPS) is 16.8. The summed E-state index contributed by atoms with van der Waals surface area (Å²) in [5, 5.41) is 6.03. The highest BCUT2D eigenvalue weighted by Gasteiger charge is 2.29. The molecule has 0 aromatic heterocycles. The number of anilines is 2. The van der Waals surface area contributed by atoms with Gasteiger partial charge in [0.05, 0.1) is 26.9 Å². The van der Waals surface area contributed by atoms with Crippen molar-refractivity contribution < 1.29 is 22.7 Å². The number of methoxy groups -OCH3 is 1. The van der Waals surface area contributed by atoms with E-state index in [1.54, 1.807) is 12.1 Å². The first kappa shape index (κ1) is 22.6. The number of rotatable bonds is 7. The van der Waals surface area contributed by atoms with E-state index in [0.717, 1.165) is 24.9 Å². The summed E-state index contributed by atoms with van der Waals surface area (Å²) >= 11 is 0. The number of fused-ring (bicyclic) bond motifs is 1. The van der Waals surface area contributed by atoms with Gasteiger partial charge in [0.1, 0.15) is 10.6 Å². The minimum absolute atomic E-state index is 0.0322. The maximum atomic E-state index is 13.1. The lowest BCUT2D eigenvalue weighted by Gasteiger charge is -2.26. The van der Waals surface area contributed by atoms with Gasteiger partial charge in [-0.1, -0.05) is 12.1 Å². The van der Waals surface area contributed by atoms with Gasteiger partial charge in [-0.05, 0) is 61.1 Å². The van der Waals surface area contributed by atoms with Gasteiger partial charge in [-0.3, -0.25) is 4.79 Å². The van der Waals surface area contributed by atoms with E-state index in [2.05, 4.69) is 16.7 Å². The van der Waals surface area contributed by atoms with Gasteiger partial charge in [-0.15, -0.1) is 0 Å². The van der Waals surface area contributed by atoms with Crippen LogP contribution in [0.25, 0.3) is 0 Å². The molecule has 0 bridgehead atoms. The summed E-state index contributed by atoms with van der Waals surface area (Å²) in [6.07, 6.45) is 4.44. The Morgan fingerprint density at radius 1 is 1.12 bits per heavy atom. The molecule has 2 aliphatic rings. The quantitative estimate of drug-likeness (QED) is 0.661.